The Labute approximate surface area is 160 Å². The van der Waals surface area contributed by atoms with E-state index in [4.69, 9.17) is 9.47 Å². The standard InChI is InChI=1S/C20H32NO6/c1-19(2,3)11-20(4,5)12-26-18(25)13-7-6-8-21(9-13)17-16(24)15(23)14(10-22)27-17/h6-9,14-17,22-24H,10-12H2,1-5H3/q+1. The molecule has 0 radical (unpaired) electrons. The van der Waals surface area contributed by atoms with E-state index in [0.29, 0.717) is 12.2 Å². The SMILES string of the molecule is CC(C)(C)CC(C)(C)COC(=O)c1ccc[n+](C2OC(CO)C(O)C2O)c1. The molecule has 2 rings (SSSR count). The maximum Gasteiger partial charge on any atom is 0.344 e. The molecule has 7 nitrogen and oxygen atoms in total. The lowest BCUT2D eigenvalue weighted by Crippen LogP contribution is -2.46. The summed E-state index contributed by atoms with van der Waals surface area (Å²) in [5.74, 6) is -0.460. The summed E-state index contributed by atoms with van der Waals surface area (Å²) in [5, 5.41) is 29.2. The molecule has 27 heavy (non-hydrogen) atoms. The molecule has 1 aliphatic rings. The van der Waals surface area contributed by atoms with Gasteiger partial charge in [0.1, 0.15) is 17.8 Å². The molecule has 1 aliphatic heterocycles. The number of aliphatic hydroxyl groups excluding tert-OH is 3. The summed E-state index contributed by atoms with van der Waals surface area (Å²) in [7, 11) is 0. The molecule has 7 heteroatoms. The Bertz CT molecular complexity index is 654. The minimum Gasteiger partial charge on any atom is -0.461 e. The Kier molecular flexibility index (Phi) is 6.63. The first-order valence-corrected chi connectivity index (χ1v) is 9.24. The highest BCUT2D eigenvalue weighted by Gasteiger charge is 2.48. The first-order chi connectivity index (χ1) is 12.4. The average Bonchev–Trinajstić information content (AvgIpc) is 2.86. The summed E-state index contributed by atoms with van der Waals surface area (Å²) >= 11 is 0. The number of hydrogen-bond donors (Lipinski definition) is 3. The number of esters is 1. The molecule has 0 spiro atoms. The van der Waals surface area contributed by atoms with E-state index in [9.17, 15) is 20.1 Å². The van der Waals surface area contributed by atoms with Crippen LogP contribution in [0, 0.1) is 10.8 Å². The number of rotatable bonds is 6. The fraction of sp³-hybridized carbons (Fsp3) is 0.700. The number of carbonyl (C=O) groups excluding carboxylic acids is 1. The highest BCUT2D eigenvalue weighted by atomic mass is 16.6. The van der Waals surface area contributed by atoms with E-state index in [-0.39, 0.29) is 10.8 Å². The van der Waals surface area contributed by atoms with E-state index in [1.54, 1.807) is 18.3 Å². The minimum absolute atomic E-state index is 0.131. The van der Waals surface area contributed by atoms with Crippen LogP contribution >= 0.6 is 0 Å². The number of nitrogens with zero attached hydrogens (tertiary/aromatic N) is 1. The van der Waals surface area contributed by atoms with Gasteiger partial charge in [-0.15, -0.1) is 0 Å². The fourth-order valence-corrected chi connectivity index (χ4v) is 3.73. The molecule has 1 aromatic rings. The lowest BCUT2D eigenvalue weighted by Gasteiger charge is -2.31. The van der Waals surface area contributed by atoms with Crippen molar-refractivity contribution in [3.8, 4) is 0 Å². The van der Waals surface area contributed by atoms with Crippen LogP contribution < -0.4 is 4.57 Å². The Morgan fingerprint density at radius 1 is 1.22 bits per heavy atom. The van der Waals surface area contributed by atoms with Gasteiger partial charge in [-0.25, -0.2) is 4.79 Å². The van der Waals surface area contributed by atoms with Crippen molar-refractivity contribution < 1.29 is 34.2 Å². The summed E-state index contributed by atoms with van der Waals surface area (Å²) in [4.78, 5) is 12.5. The number of aliphatic hydroxyl groups is 3. The molecule has 1 saturated heterocycles. The molecule has 0 saturated carbocycles. The van der Waals surface area contributed by atoms with E-state index in [1.807, 2.05) is 0 Å². The van der Waals surface area contributed by atoms with Gasteiger partial charge in [-0.1, -0.05) is 34.6 Å². The second-order valence-corrected chi connectivity index (χ2v) is 9.25. The van der Waals surface area contributed by atoms with Gasteiger partial charge in [0.2, 0.25) is 0 Å². The number of pyridine rings is 1. The van der Waals surface area contributed by atoms with Crippen molar-refractivity contribution in [3.05, 3.63) is 30.1 Å². The van der Waals surface area contributed by atoms with Crippen LogP contribution in [0.4, 0.5) is 0 Å². The largest absolute Gasteiger partial charge is 0.461 e. The molecule has 4 unspecified atom stereocenters. The number of carbonyl (C=O) groups is 1. The monoisotopic (exact) mass is 382 g/mol. The fourth-order valence-electron chi connectivity index (χ4n) is 3.73. The quantitative estimate of drug-likeness (QED) is 0.505. The maximum atomic E-state index is 12.5. The summed E-state index contributed by atoms with van der Waals surface area (Å²) < 4.78 is 12.5. The van der Waals surface area contributed by atoms with Gasteiger partial charge in [-0.2, -0.15) is 4.57 Å². The van der Waals surface area contributed by atoms with Crippen molar-refractivity contribution in [2.45, 2.75) is 65.6 Å². The van der Waals surface area contributed by atoms with Crippen molar-refractivity contribution in [2.24, 2.45) is 10.8 Å². The molecule has 4 atom stereocenters. The van der Waals surface area contributed by atoms with Crippen molar-refractivity contribution >= 4 is 5.97 Å². The van der Waals surface area contributed by atoms with E-state index in [2.05, 4.69) is 34.6 Å². The third kappa shape index (κ3) is 5.72. The molecular weight excluding hydrogens is 350 g/mol. The zero-order valence-corrected chi connectivity index (χ0v) is 16.8. The Balaban J connectivity index is 2.06. The van der Waals surface area contributed by atoms with Gasteiger partial charge in [0.05, 0.1) is 13.2 Å². The van der Waals surface area contributed by atoms with Gasteiger partial charge < -0.3 is 24.8 Å². The van der Waals surface area contributed by atoms with E-state index in [0.717, 1.165) is 6.42 Å². The highest BCUT2D eigenvalue weighted by molar-refractivity contribution is 5.88. The van der Waals surface area contributed by atoms with Gasteiger partial charge in [0.15, 0.2) is 18.5 Å². The van der Waals surface area contributed by atoms with Crippen LogP contribution in [0.25, 0.3) is 0 Å². The van der Waals surface area contributed by atoms with E-state index in [1.165, 1.54) is 10.8 Å². The summed E-state index contributed by atoms with van der Waals surface area (Å²) in [6.45, 7) is 10.5. The Morgan fingerprint density at radius 3 is 2.44 bits per heavy atom. The molecule has 1 aromatic heterocycles. The van der Waals surface area contributed by atoms with Gasteiger partial charge in [-0.3, -0.25) is 0 Å². The van der Waals surface area contributed by atoms with Crippen LogP contribution in [0.2, 0.25) is 0 Å². The first kappa shape index (κ1) is 21.8. The lowest BCUT2D eigenvalue weighted by atomic mass is 9.77. The molecular formula is C20H32NO6+. The Morgan fingerprint density at radius 2 is 1.89 bits per heavy atom. The van der Waals surface area contributed by atoms with Gasteiger partial charge >= 0.3 is 5.97 Å². The second kappa shape index (κ2) is 8.22. The van der Waals surface area contributed by atoms with Crippen LogP contribution in [-0.2, 0) is 9.47 Å². The second-order valence-electron chi connectivity index (χ2n) is 9.25. The molecule has 0 bridgehead atoms. The van der Waals surface area contributed by atoms with Gasteiger partial charge in [-0.05, 0) is 23.3 Å². The molecule has 152 valence electrons. The van der Waals surface area contributed by atoms with Crippen LogP contribution in [0.15, 0.2) is 24.5 Å². The van der Waals surface area contributed by atoms with E-state index >= 15 is 0 Å². The third-order valence-corrected chi connectivity index (χ3v) is 4.47. The van der Waals surface area contributed by atoms with Crippen LogP contribution in [0.5, 0.6) is 0 Å². The topological polar surface area (TPSA) is 100 Å². The molecule has 0 aromatic carbocycles. The summed E-state index contributed by atoms with van der Waals surface area (Å²) in [6.07, 6.45) is -0.107. The number of ether oxygens (including phenoxy) is 2. The van der Waals surface area contributed by atoms with Gasteiger partial charge in [0, 0.05) is 6.07 Å². The minimum atomic E-state index is -1.20. The predicted molar refractivity (Wildman–Crippen MR) is 97.8 cm³/mol. The summed E-state index contributed by atoms with van der Waals surface area (Å²) in [5.41, 5.74) is 0.301. The average molecular weight is 382 g/mol. The molecule has 1 fully saturated rings. The van der Waals surface area contributed by atoms with E-state index < -0.39 is 37.1 Å². The van der Waals surface area contributed by atoms with Gasteiger partial charge in [0.25, 0.3) is 6.23 Å². The van der Waals surface area contributed by atoms with Crippen molar-refractivity contribution in [3.63, 3.8) is 0 Å². The first-order valence-electron chi connectivity index (χ1n) is 9.24. The highest BCUT2D eigenvalue weighted by Crippen LogP contribution is 2.33. The lowest BCUT2D eigenvalue weighted by molar-refractivity contribution is -0.765. The predicted octanol–water partition coefficient (Wildman–Crippen LogP) is 1.20. The molecule has 0 amide bonds. The summed E-state index contributed by atoms with van der Waals surface area (Å²) in [6, 6.07) is 3.27. The normalized spacial score (nSPS) is 26.2. The smallest absolute Gasteiger partial charge is 0.344 e. The van der Waals surface area contributed by atoms with Crippen LogP contribution in [0.1, 0.15) is 57.6 Å². The molecule has 3 N–H and O–H groups in total. The Hall–Kier alpha value is -1.54. The zero-order chi connectivity index (χ0) is 20.4. The maximum absolute atomic E-state index is 12.5. The van der Waals surface area contributed by atoms with Crippen molar-refractivity contribution in [1.29, 1.82) is 0 Å². The number of hydrogen-bond acceptors (Lipinski definition) is 6. The molecule has 2 heterocycles. The third-order valence-electron chi connectivity index (χ3n) is 4.47. The van der Waals surface area contributed by atoms with Crippen LogP contribution in [0.3, 0.4) is 0 Å². The van der Waals surface area contributed by atoms with Crippen LogP contribution in [-0.4, -0.2) is 52.8 Å². The van der Waals surface area contributed by atoms with Crippen molar-refractivity contribution in [2.75, 3.05) is 13.2 Å². The van der Waals surface area contributed by atoms with Crippen molar-refractivity contribution in [1.82, 2.24) is 0 Å². The molecule has 0 aliphatic carbocycles. The zero-order valence-electron chi connectivity index (χ0n) is 16.8. The number of aromatic nitrogens is 1.